The number of alkyl halides is 6. The van der Waals surface area contributed by atoms with Gasteiger partial charge in [-0.15, -0.1) is 0 Å². The summed E-state index contributed by atoms with van der Waals surface area (Å²) in [5.41, 5.74) is -4.13. The smallest absolute Gasteiger partial charge is 0.386 e. The first-order valence-electron chi connectivity index (χ1n) is 10.8. The van der Waals surface area contributed by atoms with Gasteiger partial charge in [-0.1, -0.05) is 5.16 Å². The number of nitrogens with one attached hydrogen (secondary N) is 2. The van der Waals surface area contributed by atoms with Gasteiger partial charge in [-0.25, -0.2) is 15.1 Å². The molecule has 2 aromatic rings. The minimum atomic E-state index is -4.91. The van der Waals surface area contributed by atoms with E-state index in [1.54, 1.807) is 10.00 Å². The number of rotatable bonds is 7. The van der Waals surface area contributed by atoms with Crippen LogP contribution in [0.25, 0.3) is 0 Å². The highest BCUT2D eigenvalue weighted by Crippen LogP contribution is 2.31. The third-order valence-corrected chi connectivity index (χ3v) is 5.42. The van der Waals surface area contributed by atoms with Gasteiger partial charge in [0, 0.05) is 38.6 Å². The van der Waals surface area contributed by atoms with Crippen LogP contribution < -0.4 is 15.8 Å². The SMILES string of the molecule is C/C(=N\OCC(=O)N1CCN(c2ncc(C(F)(F)F)cn2)CC1)[C@H](C)Nc1cn[nH]c(=O)c1C(F)(F)F. The standard InChI is InChI=1S/C20H22F6N8O3/c1-11(30-14-9-29-31-17(36)16(14)20(24,25)26)12(2)32-37-10-15(35)33-3-5-34(6-4-33)18-27-7-13(8-28-18)19(21,22)23/h7-9,11H,3-6,10H2,1-2H3,(H2,30,31,36)/b32-12+/t11-/m0/s1. The highest BCUT2D eigenvalue weighted by molar-refractivity contribution is 5.89. The van der Waals surface area contributed by atoms with E-state index in [2.05, 4.69) is 25.5 Å². The van der Waals surface area contributed by atoms with E-state index in [1.165, 1.54) is 18.7 Å². The predicted molar refractivity (Wildman–Crippen MR) is 118 cm³/mol. The minimum absolute atomic E-state index is 0.113. The zero-order valence-corrected chi connectivity index (χ0v) is 19.5. The number of H-pyrrole nitrogens is 1. The van der Waals surface area contributed by atoms with Crippen molar-refractivity contribution in [2.75, 3.05) is 43.0 Å². The number of hydrogen-bond acceptors (Lipinski definition) is 9. The normalized spacial score (nSPS) is 15.9. The summed E-state index contributed by atoms with van der Waals surface area (Å²) in [4.78, 5) is 39.6. The molecule has 0 radical (unpaired) electrons. The molecule has 0 spiro atoms. The van der Waals surface area contributed by atoms with E-state index < -0.39 is 53.3 Å². The summed E-state index contributed by atoms with van der Waals surface area (Å²) < 4.78 is 77.5. The average molecular weight is 536 g/mol. The van der Waals surface area contributed by atoms with Gasteiger partial charge >= 0.3 is 12.4 Å². The van der Waals surface area contributed by atoms with E-state index in [0.29, 0.717) is 12.4 Å². The molecule has 0 bridgehead atoms. The van der Waals surface area contributed by atoms with Crippen molar-refractivity contribution in [2.45, 2.75) is 32.2 Å². The van der Waals surface area contributed by atoms with Gasteiger partial charge < -0.3 is 20.0 Å². The molecule has 0 unspecified atom stereocenters. The second-order valence-electron chi connectivity index (χ2n) is 8.00. The molecule has 1 saturated heterocycles. The Morgan fingerprint density at radius 3 is 2.30 bits per heavy atom. The summed E-state index contributed by atoms with van der Waals surface area (Å²) in [7, 11) is 0. The third kappa shape index (κ3) is 7.07. The molecule has 1 aliphatic heterocycles. The van der Waals surface area contributed by atoms with E-state index in [-0.39, 0.29) is 37.8 Å². The molecular formula is C20H22F6N8O3. The van der Waals surface area contributed by atoms with Crippen LogP contribution in [0.3, 0.4) is 0 Å². The van der Waals surface area contributed by atoms with Crippen molar-refractivity contribution in [1.82, 2.24) is 25.1 Å². The zero-order chi connectivity index (χ0) is 27.4. The molecule has 2 N–H and O–H groups in total. The molecule has 1 fully saturated rings. The number of carbonyl (C=O) groups excluding carboxylic acids is 1. The molecule has 1 amide bonds. The number of anilines is 2. The fourth-order valence-corrected chi connectivity index (χ4v) is 3.27. The second-order valence-corrected chi connectivity index (χ2v) is 8.00. The molecule has 0 aliphatic carbocycles. The molecule has 202 valence electrons. The molecule has 17 heteroatoms. The highest BCUT2D eigenvalue weighted by atomic mass is 19.4. The molecule has 3 rings (SSSR count). The van der Waals surface area contributed by atoms with Crippen molar-refractivity contribution < 1.29 is 36.0 Å². The molecule has 3 heterocycles. The van der Waals surface area contributed by atoms with E-state index in [9.17, 15) is 35.9 Å². The Bertz CT molecular complexity index is 1170. The summed E-state index contributed by atoms with van der Waals surface area (Å²) in [5.74, 6) is -0.300. The fourth-order valence-electron chi connectivity index (χ4n) is 3.27. The van der Waals surface area contributed by atoms with Crippen molar-refractivity contribution in [1.29, 1.82) is 0 Å². The molecule has 11 nitrogen and oxygen atoms in total. The Balaban J connectivity index is 1.49. The topological polar surface area (TPSA) is 129 Å². The van der Waals surface area contributed by atoms with E-state index in [4.69, 9.17) is 4.84 Å². The van der Waals surface area contributed by atoms with Gasteiger partial charge in [-0.2, -0.15) is 31.4 Å². The van der Waals surface area contributed by atoms with Crippen LogP contribution in [0.1, 0.15) is 25.0 Å². The van der Waals surface area contributed by atoms with Crippen LogP contribution in [0, 0.1) is 0 Å². The van der Waals surface area contributed by atoms with Crippen LogP contribution in [-0.4, -0.2) is 75.5 Å². The predicted octanol–water partition coefficient (Wildman–Crippen LogP) is 2.14. The van der Waals surface area contributed by atoms with Crippen LogP contribution in [0.4, 0.5) is 38.0 Å². The summed E-state index contributed by atoms with van der Waals surface area (Å²) >= 11 is 0. The number of piperazine rings is 1. The van der Waals surface area contributed by atoms with Crippen LogP contribution in [0.2, 0.25) is 0 Å². The van der Waals surface area contributed by atoms with Gasteiger partial charge in [-0.05, 0) is 13.8 Å². The second kappa shape index (κ2) is 11.0. The molecule has 1 atom stereocenters. The van der Waals surface area contributed by atoms with Gasteiger partial charge in [0.2, 0.25) is 5.95 Å². The fraction of sp³-hybridized carbons (Fsp3) is 0.500. The quantitative estimate of drug-likeness (QED) is 0.313. The lowest BCUT2D eigenvalue weighted by Gasteiger charge is -2.34. The maximum Gasteiger partial charge on any atom is 0.423 e. The summed E-state index contributed by atoms with van der Waals surface area (Å²) in [6.07, 6.45) is -7.23. The maximum absolute atomic E-state index is 13.2. The molecule has 0 aromatic carbocycles. The monoisotopic (exact) mass is 536 g/mol. The molecule has 1 aliphatic rings. The number of aromatic amines is 1. The number of oxime groups is 1. The van der Waals surface area contributed by atoms with Crippen LogP contribution >= 0.6 is 0 Å². The number of halogens is 6. The minimum Gasteiger partial charge on any atom is -0.386 e. The Labute approximate surface area is 205 Å². The number of hydrogen-bond donors (Lipinski definition) is 2. The van der Waals surface area contributed by atoms with E-state index >= 15 is 0 Å². The van der Waals surface area contributed by atoms with Crippen LogP contribution in [0.15, 0.2) is 28.5 Å². The molecule has 37 heavy (non-hydrogen) atoms. The Morgan fingerprint density at radius 1 is 1.11 bits per heavy atom. The largest absolute Gasteiger partial charge is 0.423 e. The Morgan fingerprint density at radius 2 is 1.73 bits per heavy atom. The Hall–Kier alpha value is -3.92. The van der Waals surface area contributed by atoms with Crippen molar-refractivity contribution >= 4 is 23.3 Å². The number of aromatic nitrogens is 4. The van der Waals surface area contributed by atoms with Crippen molar-refractivity contribution in [3.63, 3.8) is 0 Å². The number of amides is 1. The van der Waals surface area contributed by atoms with Crippen LogP contribution in [-0.2, 0) is 22.0 Å². The zero-order valence-electron chi connectivity index (χ0n) is 19.5. The summed E-state index contributed by atoms with van der Waals surface area (Å²) in [6.45, 7) is 3.54. The van der Waals surface area contributed by atoms with Crippen LogP contribution in [0.5, 0.6) is 0 Å². The van der Waals surface area contributed by atoms with Crippen molar-refractivity contribution in [2.24, 2.45) is 5.16 Å². The van der Waals surface area contributed by atoms with E-state index in [0.717, 1.165) is 6.20 Å². The van der Waals surface area contributed by atoms with Crippen molar-refractivity contribution in [3.05, 3.63) is 40.1 Å². The number of nitrogens with zero attached hydrogens (tertiary/aromatic N) is 6. The average Bonchev–Trinajstić information content (AvgIpc) is 2.82. The molecule has 0 saturated carbocycles. The van der Waals surface area contributed by atoms with Gasteiger partial charge in [0.05, 0.1) is 29.2 Å². The van der Waals surface area contributed by atoms with Crippen molar-refractivity contribution in [3.8, 4) is 0 Å². The van der Waals surface area contributed by atoms with Gasteiger partial charge in [0.1, 0.15) is 5.56 Å². The molecule has 2 aromatic heterocycles. The summed E-state index contributed by atoms with van der Waals surface area (Å²) in [6, 6.07) is -0.799. The first-order chi connectivity index (χ1) is 17.3. The summed E-state index contributed by atoms with van der Waals surface area (Å²) in [5, 5.41) is 11.4. The van der Waals surface area contributed by atoms with E-state index in [1.807, 2.05) is 0 Å². The first-order valence-corrected chi connectivity index (χ1v) is 10.8. The first kappa shape index (κ1) is 27.7. The third-order valence-electron chi connectivity index (χ3n) is 5.42. The lowest BCUT2D eigenvalue weighted by atomic mass is 10.2. The van der Waals surface area contributed by atoms with Gasteiger partial charge in [-0.3, -0.25) is 9.59 Å². The molecular weight excluding hydrogens is 514 g/mol. The number of carbonyl (C=O) groups is 1. The lowest BCUT2D eigenvalue weighted by molar-refractivity contribution is -0.139. The highest BCUT2D eigenvalue weighted by Gasteiger charge is 2.37. The maximum atomic E-state index is 13.2. The van der Waals surface area contributed by atoms with Gasteiger partial charge in [0.25, 0.3) is 11.5 Å². The lowest BCUT2D eigenvalue weighted by Crippen LogP contribution is -2.50. The van der Waals surface area contributed by atoms with Gasteiger partial charge in [0.15, 0.2) is 6.61 Å². The Kier molecular flexibility index (Phi) is 8.22.